The molecule has 0 saturated heterocycles. The lowest BCUT2D eigenvalue weighted by Crippen LogP contribution is -1.96. The molecule has 0 saturated carbocycles. The molecule has 7 heteroatoms. The summed E-state index contributed by atoms with van der Waals surface area (Å²) >= 11 is 5.84. The van der Waals surface area contributed by atoms with Crippen LogP contribution in [0.15, 0.2) is 47.0 Å². The van der Waals surface area contributed by atoms with Crippen molar-refractivity contribution in [2.75, 3.05) is 0 Å². The molecule has 0 atom stereocenters. The fraction of sp³-hybridized carbons (Fsp3) is 0.0667. The molecule has 1 heterocycles. The molecular formula is C15H9ClF2N2O2. The molecule has 4 nitrogen and oxygen atoms in total. The number of hydrogen-bond donors (Lipinski definition) is 0. The molecule has 0 N–H and O–H groups in total. The van der Waals surface area contributed by atoms with Gasteiger partial charge in [0.05, 0.1) is 5.02 Å². The van der Waals surface area contributed by atoms with E-state index in [1.807, 2.05) is 0 Å². The summed E-state index contributed by atoms with van der Waals surface area (Å²) in [6, 6.07) is 9.49. The quantitative estimate of drug-likeness (QED) is 0.720. The number of aromatic nitrogens is 2. The summed E-state index contributed by atoms with van der Waals surface area (Å²) in [5.74, 6) is 0.0589. The van der Waals surface area contributed by atoms with E-state index in [9.17, 15) is 8.78 Å². The second kappa shape index (κ2) is 6.11. The topological polar surface area (TPSA) is 48.2 Å². The van der Waals surface area contributed by atoms with Crippen LogP contribution in [0.5, 0.6) is 5.75 Å². The zero-order valence-electron chi connectivity index (χ0n) is 11.1. The first kappa shape index (κ1) is 14.5. The minimum atomic E-state index is -0.450. The molecule has 0 fully saturated rings. The van der Waals surface area contributed by atoms with Crippen LogP contribution in [-0.2, 0) is 6.61 Å². The van der Waals surface area contributed by atoms with Crippen molar-refractivity contribution >= 4 is 11.6 Å². The van der Waals surface area contributed by atoms with Crippen molar-refractivity contribution in [3.05, 3.63) is 65.0 Å². The van der Waals surface area contributed by atoms with E-state index in [-0.39, 0.29) is 23.3 Å². The summed E-state index contributed by atoms with van der Waals surface area (Å²) in [7, 11) is 0. The number of halogens is 3. The third-order valence-electron chi connectivity index (χ3n) is 2.82. The number of ether oxygens (including phenoxy) is 1. The van der Waals surface area contributed by atoms with E-state index in [4.69, 9.17) is 20.9 Å². The molecule has 0 unspecified atom stereocenters. The lowest BCUT2D eigenvalue weighted by atomic mass is 10.2. The van der Waals surface area contributed by atoms with Crippen molar-refractivity contribution in [3.63, 3.8) is 0 Å². The van der Waals surface area contributed by atoms with Gasteiger partial charge in [-0.25, -0.2) is 8.78 Å². The van der Waals surface area contributed by atoms with E-state index in [2.05, 4.69) is 10.1 Å². The Kier molecular flexibility index (Phi) is 4.02. The molecular weight excluding hydrogens is 314 g/mol. The van der Waals surface area contributed by atoms with Crippen LogP contribution >= 0.6 is 11.6 Å². The van der Waals surface area contributed by atoms with Gasteiger partial charge in [-0.15, -0.1) is 0 Å². The van der Waals surface area contributed by atoms with E-state index in [1.165, 1.54) is 24.3 Å². The van der Waals surface area contributed by atoms with Crippen molar-refractivity contribution < 1.29 is 18.0 Å². The van der Waals surface area contributed by atoms with Crippen LogP contribution in [-0.4, -0.2) is 10.1 Å². The lowest BCUT2D eigenvalue weighted by molar-refractivity contribution is 0.243. The van der Waals surface area contributed by atoms with Gasteiger partial charge in [-0.2, -0.15) is 4.98 Å². The zero-order valence-corrected chi connectivity index (χ0v) is 11.8. The maximum atomic E-state index is 12.9. The Hall–Kier alpha value is -2.47. The first-order valence-corrected chi connectivity index (χ1v) is 6.66. The van der Waals surface area contributed by atoms with Gasteiger partial charge in [-0.05, 0) is 42.5 Å². The molecule has 0 spiro atoms. The molecule has 0 radical (unpaired) electrons. The van der Waals surface area contributed by atoms with Crippen molar-refractivity contribution in [2.24, 2.45) is 0 Å². The highest BCUT2D eigenvalue weighted by atomic mass is 35.5. The molecule has 112 valence electrons. The van der Waals surface area contributed by atoms with Crippen molar-refractivity contribution in [1.29, 1.82) is 0 Å². The van der Waals surface area contributed by atoms with E-state index in [0.717, 1.165) is 6.07 Å². The molecule has 0 amide bonds. The smallest absolute Gasteiger partial charge is 0.264 e. The first-order chi connectivity index (χ1) is 10.6. The largest absolute Gasteiger partial charge is 0.482 e. The highest BCUT2D eigenvalue weighted by Crippen LogP contribution is 2.25. The molecule has 3 rings (SSSR count). The standard InChI is InChI=1S/C15H9ClF2N2O2/c16-12-7-11(18)5-6-13(12)21-8-14-19-15(20-22-14)9-1-3-10(17)4-2-9/h1-7H,8H2. The van der Waals surface area contributed by atoms with Crippen LogP contribution < -0.4 is 4.74 Å². The molecule has 1 aromatic heterocycles. The van der Waals surface area contributed by atoms with E-state index < -0.39 is 5.82 Å². The van der Waals surface area contributed by atoms with E-state index in [1.54, 1.807) is 12.1 Å². The van der Waals surface area contributed by atoms with Gasteiger partial charge < -0.3 is 9.26 Å². The monoisotopic (exact) mass is 322 g/mol. The van der Waals surface area contributed by atoms with Gasteiger partial charge in [0.15, 0.2) is 6.61 Å². The predicted molar refractivity (Wildman–Crippen MR) is 75.4 cm³/mol. The SMILES string of the molecule is Fc1ccc(-c2noc(COc3ccc(F)cc3Cl)n2)cc1. The third kappa shape index (κ3) is 3.23. The van der Waals surface area contributed by atoms with Gasteiger partial charge in [-0.1, -0.05) is 16.8 Å². The molecule has 3 aromatic rings. The molecule has 22 heavy (non-hydrogen) atoms. The van der Waals surface area contributed by atoms with Gasteiger partial charge in [-0.3, -0.25) is 0 Å². The van der Waals surface area contributed by atoms with Gasteiger partial charge >= 0.3 is 0 Å². The van der Waals surface area contributed by atoms with Gasteiger partial charge in [0.25, 0.3) is 5.89 Å². The normalized spacial score (nSPS) is 10.7. The van der Waals surface area contributed by atoms with Crippen LogP contribution in [0.2, 0.25) is 5.02 Å². The second-order valence-electron chi connectivity index (χ2n) is 4.38. The van der Waals surface area contributed by atoms with Gasteiger partial charge in [0.1, 0.15) is 17.4 Å². The van der Waals surface area contributed by atoms with Crippen molar-refractivity contribution in [2.45, 2.75) is 6.61 Å². The molecule has 2 aromatic carbocycles. The van der Waals surface area contributed by atoms with Crippen LogP contribution in [0.1, 0.15) is 5.89 Å². The van der Waals surface area contributed by atoms with Crippen LogP contribution in [0, 0.1) is 11.6 Å². The number of rotatable bonds is 4. The zero-order chi connectivity index (χ0) is 15.5. The van der Waals surface area contributed by atoms with Gasteiger partial charge in [0, 0.05) is 5.56 Å². The maximum absolute atomic E-state index is 12.9. The fourth-order valence-corrected chi connectivity index (χ4v) is 1.98. The third-order valence-corrected chi connectivity index (χ3v) is 3.11. The van der Waals surface area contributed by atoms with Gasteiger partial charge in [0.2, 0.25) is 5.82 Å². The Labute approximate surface area is 129 Å². The summed E-state index contributed by atoms with van der Waals surface area (Å²) in [5.41, 5.74) is 0.621. The molecule has 0 aliphatic rings. The van der Waals surface area contributed by atoms with E-state index in [0.29, 0.717) is 17.1 Å². The maximum Gasteiger partial charge on any atom is 0.264 e. The number of nitrogens with zero attached hydrogens (tertiary/aromatic N) is 2. The Morgan fingerprint density at radius 1 is 1.05 bits per heavy atom. The average Bonchev–Trinajstić information content (AvgIpc) is 2.96. The minimum Gasteiger partial charge on any atom is -0.482 e. The summed E-state index contributed by atoms with van der Waals surface area (Å²) in [6.07, 6.45) is 0. The lowest BCUT2D eigenvalue weighted by Gasteiger charge is -2.04. The summed E-state index contributed by atoms with van der Waals surface area (Å²) in [5, 5.41) is 3.93. The minimum absolute atomic E-state index is 0.0143. The Balaban J connectivity index is 1.70. The van der Waals surface area contributed by atoms with Crippen LogP contribution in [0.3, 0.4) is 0 Å². The van der Waals surface area contributed by atoms with E-state index >= 15 is 0 Å². The highest BCUT2D eigenvalue weighted by molar-refractivity contribution is 6.32. The Bertz CT molecular complexity index is 790. The summed E-state index contributed by atoms with van der Waals surface area (Å²) in [6.45, 7) is -0.0143. The first-order valence-electron chi connectivity index (χ1n) is 6.28. The Morgan fingerprint density at radius 2 is 1.77 bits per heavy atom. The predicted octanol–water partition coefficient (Wildman–Crippen LogP) is 4.25. The second-order valence-corrected chi connectivity index (χ2v) is 4.79. The Morgan fingerprint density at radius 3 is 2.50 bits per heavy atom. The molecule has 0 aliphatic carbocycles. The molecule has 0 aliphatic heterocycles. The summed E-state index contributed by atoms with van der Waals surface area (Å²) < 4.78 is 36.2. The van der Waals surface area contributed by atoms with Crippen LogP contribution in [0.25, 0.3) is 11.4 Å². The van der Waals surface area contributed by atoms with Crippen molar-refractivity contribution in [1.82, 2.24) is 10.1 Å². The molecule has 0 bridgehead atoms. The van der Waals surface area contributed by atoms with Crippen molar-refractivity contribution in [3.8, 4) is 17.1 Å². The van der Waals surface area contributed by atoms with Crippen LogP contribution in [0.4, 0.5) is 8.78 Å². The highest BCUT2D eigenvalue weighted by Gasteiger charge is 2.10. The fourth-order valence-electron chi connectivity index (χ4n) is 1.76. The average molecular weight is 323 g/mol. The summed E-state index contributed by atoms with van der Waals surface area (Å²) in [4.78, 5) is 4.13. The number of hydrogen-bond acceptors (Lipinski definition) is 4. The number of benzene rings is 2.